The fourth-order valence-electron chi connectivity index (χ4n) is 6.49. The predicted octanol–water partition coefficient (Wildman–Crippen LogP) is 1.69. The van der Waals surface area contributed by atoms with E-state index in [4.69, 9.17) is 0 Å². The highest BCUT2D eigenvalue weighted by molar-refractivity contribution is 7.13. The first-order valence-corrected chi connectivity index (χ1v) is 19.0. The van der Waals surface area contributed by atoms with E-state index in [1.807, 2.05) is 60.7 Å². The van der Waals surface area contributed by atoms with Gasteiger partial charge in [-0.2, -0.15) is 0 Å². The van der Waals surface area contributed by atoms with Gasteiger partial charge in [-0.3, -0.25) is 28.8 Å². The molecule has 0 aliphatic carbocycles. The Morgan fingerprint density at radius 3 is 2.28 bits per heavy atom. The average Bonchev–Trinajstić information content (AvgIpc) is 3.86. The molecule has 6 amide bonds. The molecule has 0 bridgehead atoms. The Labute approximate surface area is 312 Å². The van der Waals surface area contributed by atoms with Crippen LogP contribution in [0.15, 0.2) is 66.0 Å². The van der Waals surface area contributed by atoms with E-state index in [0.29, 0.717) is 37.2 Å². The molecule has 282 valence electrons. The number of carbonyl (C=O) groups excluding carboxylic acids is 6. The number of nitrogens with zero attached hydrogens (tertiary/aromatic N) is 2. The van der Waals surface area contributed by atoms with E-state index in [2.05, 4.69) is 31.6 Å². The van der Waals surface area contributed by atoms with Crippen molar-refractivity contribution in [1.29, 1.82) is 0 Å². The maximum Gasteiger partial charge on any atom is 0.271 e. The summed E-state index contributed by atoms with van der Waals surface area (Å²) in [6.45, 7) is 3.61. The Morgan fingerprint density at radius 1 is 0.887 bits per heavy atom. The van der Waals surface area contributed by atoms with E-state index in [1.165, 1.54) is 23.2 Å². The van der Waals surface area contributed by atoms with Crippen molar-refractivity contribution in [1.82, 2.24) is 36.5 Å². The highest BCUT2D eigenvalue weighted by atomic mass is 32.1. The van der Waals surface area contributed by atoms with Crippen molar-refractivity contribution in [3.63, 3.8) is 0 Å². The van der Waals surface area contributed by atoms with E-state index >= 15 is 0 Å². The Bertz CT molecular complexity index is 1750. The van der Waals surface area contributed by atoms with Gasteiger partial charge in [0.25, 0.3) is 5.91 Å². The molecule has 0 unspecified atom stereocenters. The van der Waals surface area contributed by atoms with Gasteiger partial charge in [0, 0.05) is 30.5 Å². The third-order valence-electron chi connectivity index (χ3n) is 9.44. The largest absolute Gasteiger partial charge is 0.391 e. The van der Waals surface area contributed by atoms with Crippen molar-refractivity contribution in [2.75, 3.05) is 13.1 Å². The molecule has 6 atom stereocenters. The minimum Gasteiger partial charge on any atom is -0.391 e. The standard InChI is InChI=1S/C38H47N7O7S/c1-3-26-32(47)44-31(23(2)46)36(51)42-28(21-24-13-6-4-7-14-24)38(52)45-20-12-18-30(45)35(50)39-19-11-10-17-27(33(48)40-26)41-34(49)29-22-53-37(43-29)25-15-8-5-9-16-25/h4-9,13-16,22-23,26-28,30-31,46H,3,10-12,17-21H2,1-2H3,(H,39,50)(H,40,48)(H,41,49)(H,42,51)(H,44,47)/t23-,26+,27+,28-,30+,31+/m1/s1. The number of amides is 6. The summed E-state index contributed by atoms with van der Waals surface area (Å²) in [7, 11) is 0. The van der Waals surface area contributed by atoms with Crippen LogP contribution >= 0.6 is 11.3 Å². The predicted molar refractivity (Wildman–Crippen MR) is 198 cm³/mol. The lowest BCUT2D eigenvalue weighted by Gasteiger charge is -2.30. The van der Waals surface area contributed by atoms with Crippen molar-refractivity contribution in [3.05, 3.63) is 77.3 Å². The molecule has 2 fully saturated rings. The van der Waals surface area contributed by atoms with Crippen LogP contribution in [0.4, 0.5) is 0 Å². The first-order valence-electron chi connectivity index (χ1n) is 18.1. The van der Waals surface area contributed by atoms with Crippen molar-refractivity contribution in [3.8, 4) is 10.6 Å². The van der Waals surface area contributed by atoms with Gasteiger partial charge in [0.1, 0.15) is 40.9 Å². The Balaban J connectivity index is 1.38. The monoisotopic (exact) mass is 745 g/mol. The van der Waals surface area contributed by atoms with Crippen molar-refractivity contribution in [2.24, 2.45) is 0 Å². The first kappa shape index (κ1) is 39.1. The van der Waals surface area contributed by atoms with Crippen LogP contribution in [-0.4, -0.2) is 99.8 Å². The second-order valence-corrected chi connectivity index (χ2v) is 14.2. The third kappa shape index (κ3) is 10.3. The molecule has 2 saturated heterocycles. The van der Waals surface area contributed by atoms with Crippen LogP contribution in [0.25, 0.3) is 10.6 Å². The summed E-state index contributed by atoms with van der Waals surface area (Å²) in [5.74, 6) is -3.47. The summed E-state index contributed by atoms with van der Waals surface area (Å²) in [5.41, 5.74) is 1.76. The zero-order valence-electron chi connectivity index (χ0n) is 29.9. The smallest absolute Gasteiger partial charge is 0.271 e. The Kier molecular flexibility index (Phi) is 13.7. The van der Waals surface area contributed by atoms with Gasteiger partial charge in [-0.25, -0.2) is 4.98 Å². The molecule has 0 radical (unpaired) electrons. The first-order chi connectivity index (χ1) is 25.5. The molecule has 2 aromatic carbocycles. The highest BCUT2D eigenvalue weighted by Crippen LogP contribution is 2.24. The highest BCUT2D eigenvalue weighted by Gasteiger charge is 2.39. The van der Waals surface area contributed by atoms with Crippen LogP contribution < -0.4 is 26.6 Å². The van der Waals surface area contributed by atoms with Crippen LogP contribution in [0.3, 0.4) is 0 Å². The normalized spacial score (nSPS) is 24.3. The maximum absolute atomic E-state index is 14.0. The van der Waals surface area contributed by atoms with E-state index in [0.717, 1.165) is 11.1 Å². The molecular weight excluding hydrogens is 699 g/mol. The SMILES string of the molecule is CC[C@@H]1NC(=O)[C@@H](NC(=O)c2csc(-c3ccccc3)n2)CCCCNC(=O)[C@@H]2CCCN2C(=O)[C@@H](Cc2ccccc2)NC(=O)[C@H]([C@@H](C)O)NC1=O. The molecule has 6 N–H and O–H groups in total. The number of hydrogen-bond donors (Lipinski definition) is 6. The van der Waals surface area contributed by atoms with E-state index in [1.54, 1.807) is 12.3 Å². The van der Waals surface area contributed by atoms with Crippen molar-refractivity contribution >= 4 is 46.8 Å². The van der Waals surface area contributed by atoms with Gasteiger partial charge in [-0.15, -0.1) is 11.3 Å². The molecule has 3 heterocycles. The van der Waals surface area contributed by atoms with Gasteiger partial charge >= 0.3 is 0 Å². The third-order valence-corrected chi connectivity index (χ3v) is 10.3. The second kappa shape index (κ2) is 18.6. The van der Waals surface area contributed by atoms with Crippen LogP contribution in [0, 0.1) is 0 Å². The van der Waals surface area contributed by atoms with Gasteiger partial charge in [0.15, 0.2) is 0 Å². The number of aliphatic hydroxyl groups excluding tert-OH is 1. The molecule has 0 saturated carbocycles. The summed E-state index contributed by atoms with van der Waals surface area (Å²) in [4.78, 5) is 87.7. The zero-order valence-corrected chi connectivity index (χ0v) is 30.7. The summed E-state index contributed by atoms with van der Waals surface area (Å²) in [5, 5.41) is 26.6. The van der Waals surface area contributed by atoms with Crippen molar-refractivity contribution in [2.45, 2.75) is 95.1 Å². The molecular formula is C38H47N7O7S. The quantitative estimate of drug-likeness (QED) is 0.210. The number of fused-ring (bicyclic) bond motifs is 1. The van der Waals surface area contributed by atoms with Crippen LogP contribution in [0.1, 0.15) is 68.4 Å². The number of nitrogens with one attached hydrogen (secondary N) is 5. The number of rotatable bonds is 7. The summed E-state index contributed by atoms with van der Waals surface area (Å²) in [6.07, 6.45) is 1.03. The van der Waals surface area contributed by atoms with Crippen molar-refractivity contribution < 1.29 is 33.9 Å². The van der Waals surface area contributed by atoms with Gasteiger partial charge in [-0.05, 0) is 51.0 Å². The number of aliphatic hydroxyl groups is 1. The average molecular weight is 746 g/mol. The zero-order chi connectivity index (χ0) is 37.9. The van der Waals surface area contributed by atoms with Crippen LogP contribution in [-0.2, 0) is 30.4 Å². The molecule has 5 rings (SSSR count). The fraction of sp³-hybridized carbons (Fsp3) is 0.447. The number of thiazole rings is 1. The second-order valence-electron chi connectivity index (χ2n) is 13.4. The minimum atomic E-state index is -1.47. The molecule has 14 nitrogen and oxygen atoms in total. The molecule has 3 aromatic rings. The number of benzene rings is 2. The number of carbonyl (C=O) groups is 6. The van der Waals surface area contributed by atoms with Crippen LogP contribution in [0.5, 0.6) is 0 Å². The lowest BCUT2D eigenvalue weighted by molar-refractivity contribution is -0.142. The number of aromatic nitrogens is 1. The minimum absolute atomic E-state index is 0.117. The van der Waals surface area contributed by atoms with Gasteiger partial charge in [0.2, 0.25) is 29.5 Å². The molecule has 2 aliphatic heterocycles. The van der Waals surface area contributed by atoms with Gasteiger partial charge in [-0.1, -0.05) is 67.6 Å². The molecule has 2 aliphatic rings. The summed E-state index contributed by atoms with van der Waals surface area (Å²) >= 11 is 1.30. The van der Waals surface area contributed by atoms with Crippen LogP contribution in [0.2, 0.25) is 0 Å². The molecule has 53 heavy (non-hydrogen) atoms. The van der Waals surface area contributed by atoms with E-state index < -0.39 is 65.8 Å². The molecule has 15 heteroatoms. The Morgan fingerprint density at radius 2 is 1.58 bits per heavy atom. The number of hydrogen-bond acceptors (Lipinski definition) is 9. The van der Waals surface area contributed by atoms with Gasteiger partial charge < -0.3 is 36.6 Å². The van der Waals surface area contributed by atoms with E-state index in [-0.39, 0.29) is 37.4 Å². The maximum atomic E-state index is 14.0. The fourth-order valence-corrected chi connectivity index (χ4v) is 7.30. The summed E-state index contributed by atoms with van der Waals surface area (Å²) < 4.78 is 0. The summed E-state index contributed by atoms with van der Waals surface area (Å²) in [6, 6.07) is 13.0. The Hall–Kier alpha value is -5.15. The molecule has 0 spiro atoms. The lowest BCUT2D eigenvalue weighted by Crippen LogP contribution is -2.61. The van der Waals surface area contributed by atoms with Gasteiger partial charge in [0.05, 0.1) is 6.10 Å². The van der Waals surface area contributed by atoms with E-state index in [9.17, 15) is 33.9 Å². The topological polar surface area (TPSA) is 199 Å². The molecule has 1 aromatic heterocycles. The lowest BCUT2D eigenvalue weighted by atomic mass is 10.0.